The molecule has 0 bridgehead atoms. The van der Waals surface area contributed by atoms with Gasteiger partial charge in [-0.1, -0.05) is 11.6 Å². The number of ether oxygens (including phenoxy) is 2. The molecule has 0 atom stereocenters. The molecule has 0 fully saturated rings. The summed E-state index contributed by atoms with van der Waals surface area (Å²) < 4.78 is 9.84. The number of nitrogens with one attached hydrogen (secondary N) is 1. The lowest BCUT2D eigenvalue weighted by Crippen LogP contribution is -2.31. The molecule has 1 aromatic carbocycles. The first kappa shape index (κ1) is 17.1. The first-order chi connectivity index (χ1) is 11.0. The maximum Gasteiger partial charge on any atom is 0.337 e. The van der Waals surface area contributed by atoms with Crippen molar-refractivity contribution in [2.75, 3.05) is 39.2 Å². The van der Waals surface area contributed by atoms with Gasteiger partial charge in [0, 0.05) is 18.3 Å². The Hall–Kier alpha value is -2.25. The molecule has 0 spiro atoms. The number of amides is 1. The summed E-state index contributed by atoms with van der Waals surface area (Å²) in [5.74, 6) is -0.537. The molecule has 0 radical (unpaired) electrons. The Balaban J connectivity index is 2.33. The molecule has 23 heavy (non-hydrogen) atoms. The lowest BCUT2D eigenvalue weighted by molar-refractivity contribution is -0.136. The molecule has 1 aliphatic heterocycles. The van der Waals surface area contributed by atoms with E-state index in [2.05, 4.69) is 5.32 Å². The van der Waals surface area contributed by atoms with E-state index in [1.807, 2.05) is 0 Å². The number of anilines is 1. The number of carbonyl (C=O) groups excluding carboxylic acids is 2. The van der Waals surface area contributed by atoms with Crippen LogP contribution in [0.1, 0.15) is 0 Å². The summed E-state index contributed by atoms with van der Waals surface area (Å²) in [6.45, 7) is 0.0236. The quantitative estimate of drug-likeness (QED) is 0.752. The number of aliphatic hydroxyl groups is 1. The van der Waals surface area contributed by atoms with Gasteiger partial charge in [0.15, 0.2) is 0 Å². The number of aliphatic hydroxyl groups excluding tert-OH is 1. The molecule has 7 nitrogen and oxygen atoms in total. The smallest absolute Gasteiger partial charge is 0.337 e. The third kappa shape index (κ3) is 3.57. The van der Waals surface area contributed by atoms with Crippen LogP contribution >= 0.6 is 11.6 Å². The maximum atomic E-state index is 12.4. The van der Waals surface area contributed by atoms with Gasteiger partial charge in [0.1, 0.15) is 11.4 Å². The molecule has 2 N–H and O–H groups in total. The lowest BCUT2D eigenvalue weighted by atomic mass is 10.2. The summed E-state index contributed by atoms with van der Waals surface area (Å²) >= 11 is 5.97. The second kappa shape index (κ2) is 7.34. The zero-order valence-corrected chi connectivity index (χ0v) is 13.5. The summed E-state index contributed by atoms with van der Waals surface area (Å²) in [7, 11) is 2.73. The van der Waals surface area contributed by atoms with Gasteiger partial charge in [0.2, 0.25) is 0 Å². The minimum absolute atomic E-state index is 0.0825. The van der Waals surface area contributed by atoms with E-state index >= 15 is 0 Å². The van der Waals surface area contributed by atoms with E-state index in [9.17, 15) is 9.59 Å². The van der Waals surface area contributed by atoms with Crippen molar-refractivity contribution in [3.8, 4) is 5.75 Å². The number of methoxy groups -OCH3 is 2. The number of hydrogen-bond acceptors (Lipinski definition) is 6. The molecular formula is C15H17ClN2O5. The van der Waals surface area contributed by atoms with Crippen LogP contribution in [0.4, 0.5) is 5.69 Å². The Labute approximate surface area is 138 Å². The van der Waals surface area contributed by atoms with Gasteiger partial charge in [-0.15, -0.1) is 0 Å². The Morgan fingerprint density at radius 3 is 2.78 bits per heavy atom. The molecule has 0 saturated carbocycles. The number of β-amino-alcohol motifs (C(OH)–C–C–N with tert-alkyl or cyclic N) is 1. The van der Waals surface area contributed by atoms with Crippen molar-refractivity contribution < 1.29 is 24.2 Å². The number of esters is 1. The average Bonchev–Trinajstić information content (AvgIpc) is 2.85. The second-order valence-corrected chi connectivity index (χ2v) is 5.18. The fourth-order valence-corrected chi connectivity index (χ4v) is 2.43. The molecule has 1 aromatic rings. The van der Waals surface area contributed by atoms with Crippen LogP contribution in [-0.4, -0.2) is 55.8 Å². The SMILES string of the molecule is COC(=O)C1=C(Nc2ccc(Cl)c(OC)c2)C(=O)N(CCO)C1. The van der Waals surface area contributed by atoms with Crippen molar-refractivity contribution >= 4 is 29.2 Å². The summed E-state index contributed by atoms with van der Waals surface area (Å²) in [5, 5.41) is 12.4. The first-order valence-corrected chi connectivity index (χ1v) is 7.21. The number of benzene rings is 1. The van der Waals surface area contributed by atoms with E-state index in [1.54, 1.807) is 18.2 Å². The minimum atomic E-state index is -0.595. The van der Waals surface area contributed by atoms with Crippen molar-refractivity contribution in [2.45, 2.75) is 0 Å². The van der Waals surface area contributed by atoms with Gasteiger partial charge in [-0.2, -0.15) is 0 Å². The Morgan fingerprint density at radius 1 is 1.43 bits per heavy atom. The largest absolute Gasteiger partial charge is 0.495 e. The highest BCUT2D eigenvalue weighted by Gasteiger charge is 2.34. The van der Waals surface area contributed by atoms with Gasteiger partial charge in [0.25, 0.3) is 5.91 Å². The molecule has 8 heteroatoms. The highest BCUT2D eigenvalue weighted by molar-refractivity contribution is 6.32. The average molecular weight is 341 g/mol. The van der Waals surface area contributed by atoms with Crippen molar-refractivity contribution in [3.63, 3.8) is 0 Å². The van der Waals surface area contributed by atoms with E-state index in [1.165, 1.54) is 19.1 Å². The van der Waals surface area contributed by atoms with Crippen molar-refractivity contribution in [2.24, 2.45) is 0 Å². The summed E-state index contributed by atoms with van der Waals surface area (Å²) in [5.41, 5.74) is 0.872. The first-order valence-electron chi connectivity index (χ1n) is 6.84. The molecule has 0 saturated heterocycles. The van der Waals surface area contributed by atoms with Gasteiger partial charge >= 0.3 is 5.97 Å². The predicted octanol–water partition coefficient (Wildman–Crippen LogP) is 1.02. The molecule has 1 aliphatic rings. The van der Waals surface area contributed by atoms with Gasteiger partial charge in [-0.25, -0.2) is 4.79 Å². The van der Waals surface area contributed by atoms with E-state index in [0.717, 1.165) is 0 Å². The minimum Gasteiger partial charge on any atom is -0.495 e. The number of halogens is 1. The fraction of sp³-hybridized carbons (Fsp3) is 0.333. The molecule has 1 heterocycles. The monoisotopic (exact) mass is 340 g/mol. The topological polar surface area (TPSA) is 88.1 Å². The zero-order valence-electron chi connectivity index (χ0n) is 12.8. The zero-order chi connectivity index (χ0) is 17.0. The molecule has 1 amide bonds. The van der Waals surface area contributed by atoms with Gasteiger partial charge in [-0.05, 0) is 12.1 Å². The molecule has 2 rings (SSSR count). The number of hydrogen-bond donors (Lipinski definition) is 2. The lowest BCUT2D eigenvalue weighted by Gasteiger charge is -2.15. The Kier molecular flexibility index (Phi) is 5.46. The third-order valence-corrected chi connectivity index (χ3v) is 3.69. The molecule has 124 valence electrons. The van der Waals surface area contributed by atoms with Gasteiger partial charge < -0.3 is 24.8 Å². The van der Waals surface area contributed by atoms with Crippen molar-refractivity contribution in [1.29, 1.82) is 0 Å². The molecule has 0 aromatic heterocycles. The van der Waals surface area contributed by atoms with Crippen molar-refractivity contribution in [1.82, 2.24) is 4.90 Å². The van der Waals surface area contributed by atoms with E-state index in [-0.39, 0.29) is 36.9 Å². The number of carbonyl (C=O) groups is 2. The van der Waals surface area contributed by atoms with Crippen LogP contribution in [0.3, 0.4) is 0 Å². The predicted molar refractivity (Wildman–Crippen MR) is 84.3 cm³/mol. The van der Waals surface area contributed by atoms with Crippen LogP contribution in [0, 0.1) is 0 Å². The number of rotatable bonds is 6. The van der Waals surface area contributed by atoms with E-state index in [4.69, 9.17) is 26.2 Å². The normalized spacial score (nSPS) is 14.3. The van der Waals surface area contributed by atoms with Crippen LogP contribution in [-0.2, 0) is 14.3 Å². The highest BCUT2D eigenvalue weighted by Crippen LogP contribution is 2.29. The fourth-order valence-electron chi connectivity index (χ4n) is 2.23. The standard InChI is InChI=1S/C15H17ClN2O5/c1-22-12-7-9(3-4-11(12)16)17-13-10(15(21)23-2)8-18(5-6-19)14(13)20/h3-4,7,17,19H,5-6,8H2,1-2H3. The molecular weight excluding hydrogens is 324 g/mol. The van der Waals surface area contributed by atoms with E-state index in [0.29, 0.717) is 16.5 Å². The Bertz CT molecular complexity index is 659. The second-order valence-electron chi connectivity index (χ2n) is 4.77. The van der Waals surface area contributed by atoms with E-state index < -0.39 is 5.97 Å². The molecule has 0 aliphatic carbocycles. The van der Waals surface area contributed by atoms with Crippen LogP contribution < -0.4 is 10.1 Å². The van der Waals surface area contributed by atoms with Crippen LogP contribution in [0.2, 0.25) is 5.02 Å². The van der Waals surface area contributed by atoms with Crippen LogP contribution in [0.15, 0.2) is 29.5 Å². The van der Waals surface area contributed by atoms with Crippen LogP contribution in [0.5, 0.6) is 5.75 Å². The van der Waals surface area contributed by atoms with Gasteiger partial charge in [0.05, 0.1) is 38.0 Å². The summed E-state index contributed by atoms with van der Waals surface area (Å²) in [4.78, 5) is 25.6. The number of nitrogens with zero attached hydrogens (tertiary/aromatic N) is 1. The molecule has 0 unspecified atom stereocenters. The van der Waals surface area contributed by atoms with Gasteiger partial charge in [-0.3, -0.25) is 4.79 Å². The van der Waals surface area contributed by atoms with Crippen LogP contribution in [0.25, 0.3) is 0 Å². The van der Waals surface area contributed by atoms with Crippen molar-refractivity contribution in [3.05, 3.63) is 34.5 Å². The summed E-state index contributed by atoms with van der Waals surface area (Å²) in [6.07, 6.45) is 0. The summed E-state index contributed by atoms with van der Waals surface area (Å²) in [6, 6.07) is 4.90. The highest BCUT2D eigenvalue weighted by atomic mass is 35.5. The Morgan fingerprint density at radius 2 is 2.17 bits per heavy atom. The maximum absolute atomic E-state index is 12.4. The third-order valence-electron chi connectivity index (χ3n) is 3.37.